The molecule has 0 aliphatic carbocycles. The Balaban J connectivity index is 3.25. The van der Waals surface area contributed by atoms with Gasteiger partial charge >= 0.3 is 11.7 Å². The quantitative estimate of drug-likeness (QED) is 0.546. The average molecular weight is 197 g/mol. The van der Waals surface area contributed by atoms with Gasteiger partial charge < -0.3 is 10.4 Å². The van der Waals surface area contributed by atoms with E-state index in [0.29, 0.717) is 0 Å². The Morgan fingerprint density at radius 2 is 2.29 bits per heavy atom. The Morgan fingerprint density at radius 1 is 1.64 bits per heavy atom. The van der Waals surface area contributed by atoms with Gasteiger partial charge in [-0.1, -0.05) is 0 Å². The lowest BCUT2D eigenvalue weighted by Crippen LogP contribution is -2.05. The molecule has 0 spiro atoms. The fraction of sp³-hybridized carbons (Fsp3) is 0.143. The molecule has 0 radical (unpaired) electrons. The van der Waals surface area contributed by atoms with Gasteiger partial charge in [-0.2, -0.15) is 0 Å². The van der Waals surface area contributed by atoms with E-state index in [1.165, 1.54) is 7.05 Å². The maximum Gasteiger partial charge on any atom is 0.354 e. The van der Waals surface area contributed by atoms with Gasteiger partial charge in [0, 0.05) is 13.1 Å². The number of aromatic nitrogens is 1. The number of hydrogen-bond donors (Lipinski definition) is 2. The Morgan fingerprint density at radius 3 is 2.71 bits per heavy atom. The second-order valence-electron chi connectivity index (χ2n) is 2.38. The zero-order valence-electron chi connectivity index (χ0n) is 7.22. The number of anilines is 1. The van der Waals surface area contributed by atoms with Crippen LogP contribution < -0.4 is 5.32 Å². The minimum Gasteiger partial charge on any atom is -0.477 e. The highest BCUT2D eigenvalue weighted by molar-refractivity contribution is 5.86. The van der Waals surface area contributed by atoms with Crippen molar-refractivity contribution in [1.29, 1.82) is 0 Å². The maximum absolute atomic E-state index is 10.5. The van der Waals surface area contributed by atoms with Gasteiger partial charge in [-0.15, -0.1) is 0 Å². The lowest BCUT2D eigenvalue weighted by Gasteiger charge is -2.01. The molecule has 0 bridgehead atoms. The fourth-order valence-corrected chi connectivity index (χ4v) is 0.902. The average Bonchev–Trinajstić information content (AvgIpc) is 2.16. The van der Waals surface area contributed by atoms with E-state index >= 15 is 0 Å². The fourth-order valence-electron chi connectivity index (χ4n) is 0.902. The van der Waals surface area contributed by atoms with E-state index in [-0.39, 0.29) is 17.2 Å². The van der Waals surface area contributed by atoms with E-state index in [0.717, 1.165) is 12.1 Å². The molecule has 0 amide bonds. The van der Waals surface area contributed by atoms with Gasteiger partial charge in [-0.25, -0.2) is 9.78 Å². The SMILES string of the molecule is CNc1nc(C(=O)O)ccc1[N+](=O)[O-]. The number of hydrogen-bond acceptors (Lipinski definition) is 5. The van der Waals surface area contributed by atoms with Crippen molar-refractivity contribution in [3.8, 4) is 0 Å². The van der Waals surface area contributed by atoms with Gasteiger partial charge in [0.1, 0.15) is 0 Å². The Labute approximate surface area is 78.5 Å². The molecule has 14 heavy (non-hydrogen) atoms. The summed E-state index contributed by atoms with van der Waals surface area (Å²) in [5.74, 6) is -1.29. The molecule has 7 heteroatoms. The third-order valence-electron chi connectivity index (χ3n) is 1.53. The molecule has 0 aliphatic rings. The van der Waals surface area contributed by atoms with E-state index in [9.17, 15) is 14.9 Å². The number of carboxylic acid groups (broad SMARTS) is 1. The highest BCUT2D eigenvalue weighted by Crippen LogP contribution is 2.21. The highest BCUT2D eigenvalue weighted by atomic mass is 16.6. The van der Waals surface area contributed by atoms with Crippen molar-refractivity contribution in [1.82, 2.24) is 4.98 Å². The van der Waals surface area contributed by atoms with Gasteiger partial charge in [-0.05, 0) is 6.07 Å². The van der Waals surface area contributed by atoms with Crippen molar-refractivity contribution in [3.05, 3.63) is 27.9 Å². The van der Waals surface area contributed by atoms with Crippen LogP contribution in [-0.4, -0.2) is 28.0 Å². The van der Waals surface area contributed by atoms with E-state index < -0.39 is 10.9 Å². The van der Waals surface area contributed by atoms with E-state index in [1.807, 2.05) is 0 Å². The smallest absolute Gasteiger partial charge is 0.354 e. The number of pyridine rings is 1. The van der Waals surface area contributed by atoms with Gasteiger partial charge in [-0.3, -0.25) is 10.1 Å². The topological polar surface area (TPSA) is 105 Å². The molecule has 0 aliphatic heterocycles. The molecule has 1 aromatic heterocycles. The highest BCUT2D eigenvalue weighted by Gasteiger charge is 2.16. The number of rotatable bonds is 3. The van der Waals surface area contributed by atoms with E-state index in [2.05, 4.69) is 10.3 Å². The van der Waals surface area contributed by atoms with Crippen LogP contribution in [0.25, 0.3) is 0 Å². The van der Waals surface area contributed by atoms with Crippen molar-refractivity contribution >= 4 is 17.5 Å². The molecule has 0 aromatic carbocycles. The van der Waals surface area contributed by atoms with Crippen molar-refractivity contribution < 1.29 is 14.8 Å². The lowest BCUT2D eigenvalue weighted by molar-refractivity contribution is -0.384. The van der Waals surface area contributed by atoms with Crippen LogP contribution >= 0.6 is 0 Å². The zero-order chi connectivity index (χ0) is 10.7. The Hall–Kier alpha value is -2.18. The summed E-state index contributed by atoms with van der Waals surface area (Å²) < 4.78 is 0. The van der Waals surface area contributed by atoms with Crippen molar-refractivity contribution in [3.63, 3.8) is 0 Å². The summed E-state index contributed by atoms with van der Waals surface area (Å²) in [5, 5.41) is 21.5. The van der Waals surface area contributed by atoms with Gasteiger partial charge in [0.25, 0.3) is 0 Å². The largest absolute Gasteiger partial charge is 0.477 e. The number of nitrogens with zero attached hydrogens (tertiary/aromatic N) is 2. The van der Waals surface area contributed by atoms with Gasteiger partial charge in [0.05, 0.1) is 4.92 Å². The van der Waals surface area contributed by atoms with Crippen molar-refractivity contribution in [2.24, 2.45) is 0 Å². The molecule has 1 heterocycles. The monoisotopic (exact) mass is 197 g/mol. The summed E-state index contributed by atoms with van der Waals surface area (Å²) in [7, 11) is 1.43. The summed E-state index contributed by atoms with van der Waals surface area (Å²) in [6.07, 6.45) is 0. The van der Waals surface area contributed by atoms with Crippen LogP contribution in [-0.2, 0) is 0 Å². The molecule has 2 N–H and O–H groups in total. The minimum absolute atomic E-state index is 0.0603. The molecule has 7 nitrogen and oxygen atoms in total. The third kappa shape index (κ3) is 1.76. The molecule has 1 aromatic rings. The zero-order valence-corrected chi connectivity index (χ0v) is 7.22. The minimum atomic E-state index is -1.23. The number of nitro groups is 1. The third-order valence-corrected chi connectivity index (χ3v) is 1.53. The number of nitrogens with one attached hydrogen (secondary N) is 1. The van der Waals surface area contributed by atoms with Crippen LogP contribution in [0.1, 0.15) is 10.5 Å². The first-order chi connectivity index (χ1) is 6.56. The first kappa shape index (κ1) is 9.90. The molecule has 0 unspecified atom stereocenters. The van der Waals surface area contributed by atoms with E-state index in [4.69, 9.17) is 5.11 Å². The van der Waals surface area contributed by atoms with Crippen LogP contribution in [0.15, 0.2) is 12.1 Å². The summed E-state index contributed by atoms with van der Waals surface area (Å²) in [6, 6.07) is 2.18. The predicted molar refractivity (Wildman–Crippen MR) is 47.4 cm³/mol. The lowest BCUT2D eigenvalue weighted by atomic mass is 10.3. The Kier molecular flexibility index (Phi) is 2.61. The van der Waals surface area contributed by atoms with Gasteiger partial charge in [0.2, 0.25) is 5.82 Å². The van der Waals surface area contributed by atoms with Crippen LogP contribution in [0.3, 0.4) is 0 Å². The van der Waals surface area contributed by atoms with Crippen molar-refractivity contribution in [2.45, 2.75) is 0 Å². The molecular formula is C7H7N3O4. The molecule has 0 fully saturated rings. The first-order valence-electron chi connectivity index (χ1n) is 3.62. The van der Waals surface area contributed by atoms with Crippen molar-refractivity contribution in [2.75, 3.05) is 12.4 Å². The standard InChI is InChI=1S/C7H7N3O4/c1-8-6-5(10(13)14)3-2-4(9-6)7(11)12/h2-3H,1H3,(H,8,9)(H,11,12). The van der Waals surface area contributed by atoms with Crippen LogP contribution in [0.4, 0.5) is 11.5 Å². The second kappa shape index (κ2) is 3.69. The Bertz CT molecular complexity index is 391. The summed E-state index contributed by atoms with van der Waals surface area (Å²) in [4.78, 5) is 23.9. The second-order valence-corrected chi connectivity index (χ2v) is 2.38. The van der Waals surface area contributed by atoms with E-state index in [1.54, 1.807) is 0 Å². The molecule has 0 saturated heterocycles. The van der Waals surface area contributed by atoms with Crippen LogP contribution in [0, 0.1) is 10.1 Å². The number of aromatic carboxylic acids is 1. The normalized spacial score (nSPS) is 9.50. The molecule has 0 atom stereocenters. The number of carbonyl (C=O) groups is 1. The predicted octanol–water partition coefficient (Wildman–Crippen LogP) is 0.730. The summed E-state index contributed by atoms with van der Waals surface area (Å²) in [6.45, 7) is 0. The maximum atomic E-state index is 10.5. The molecule has 1 rings (SSSR count). The molecule has 74 valence electrons. The first-order valence-corrected chi connectivity index (χ1v) is 3.62. The van der Waals surface area contributed by atoms with Crippen LogP contribution in [0.2, 0.25) is 0 Å². The molecule has 0 saturated carbocycles. The molecular weight excluding hydrogens is 190 g/mol. The van der Waals surface area contributed by atoms with Crippen LogP contribution in [0.5, 0.6) is 0 Å². The van der Waals surface area contributed by atoms with Gasteiger partial charge in [0.15, 0.2) is 5.69 Å². The summed E-state index contributed by atoms with van der Waals surface area (Å²) in [5.41, 5.74) is -0.488. The number of carboxylic acids is 1. The summed E-state index contributed by atoms with van der Waals surface area (Å²) >= 11 is 0.